The van der Waals surface area contributed by atoms with Crippen LogP contribution in [-0.4, -0.2) is 22.5 Å². The van der Waals surface area contributed by atoms with Gasteiger partial charge in [0.1, 0.15) is 0 Å². The SMILES string of the molecule is O=C1c2ccccc2C(=O)C12CC2[N+](=O)[O-]. The van der Waals surface area contributed by atoms with Crippen molar-refractivity contribution in [3.05, 3.63) is 45.5 Å². The molecule has 0 amide bonds. The molecule has 2 aliphatic rings. The fourth-order valence-electron chi connectivity index (χ4n) is 2.45. The van der Waals surface area contributed by atoms with Crippen LogP contribution in [0, 0.1) is 15.5 Å². The first kappa shape index (κ1) is 9.21. The van der Waals surface area contributed by atoms with Crippen LogP contribution in [-0.2, 0) is 0 Å². The molecule has 1 spiro atoms. The van der Waals surface area contributed by atoms with Gasteiger partial charge in [0.15, 0.2) is 17.0 Å². The average molecular weight is 217 g/mol. The molecule has 0 heterocycles. The van der Waals surface area contributed by atoms with Crippen LogP contribution in [0.5, 0.6) is 0 Å². The van der Waals surface area contributed by atoms with E-state index in [1.165, 1.54) is 0 Å². The lowest BCUT2D eigenvalue weighted by Crippen LogP contribution is -2.25. The Morgan fingerprint density at radius 3 is 2.06 bits per heavy atom. The van der Waals surface area contributed by atoms with E-state index in [0.29, 0.717) is 11.1 Å². The fraction of sp³-hybridized carbons (Fsp3) is 0.273. The molecule has 1 atom stereocenters. The second kappa shape index (κ2) is 2.55. The van der Waals surface area contributed by atoms with Crippen molar-refractivity contribution in [2.24, 2.45) is 5.41 Å². The van der Waals surface area contributed by atoms with E-state index in [2.05, 4.69) is 0 Å². The minimum atomic E-state index is -1.37. The monoisotopic (exact) mass is 217 g/mol. The third kappa shape index (κ3) is 0.816. The van der Waals surface area contributed by atoms with Gasteiger partial charge in [0.25, 0.3) is 0 Å². The van der Waals surface area contributed by atoms with Gasteiger partial charge in [-0.2, -0.15) is 0 Å². The highest BCUT2D eigenvalue weighted by molar-refractivity contribution is 6.31. The number of nitro groups is 1. The molecule has 1 fully saturated rings. The van der Waals surface area contributed by atoms with Crippen LogP contribution in [0.3, 0.4) is 0 Å². The quantitative estimate of drug-likeness (QED) is 0.401. The van der Waals surface area contributed by atoms with E-state index >= 15 is 0 Å². The van der Waals surface area contributed by atoms with Gasteiger partial charge in [-0.15, -0.1) is 0 Å². The Labute approximate surface area is 90.2 Å². The third-order valence-electron chi connectivity index (χ3n) is 3.41. The van der Waals surface area contributed by atoms with E-state index in [1.54, 1.807) is 24.3 Å². The Kier molecular flexibility index (Phi) is 1.47. The lowest BCUT2D eigenvalue weighted by molar-refractivity contribution is -0.499. The van der Waals surface area contributed by atoms with Crippen molar-refractivity contribution < 1.29 is 14.5 Å². The molecule has 1 aromatic rings. The van der Waals surface area contributed by atoms with Crippen molar-refractivity contribution in [3.63, 3.8) is 0 Å². The summed E-state index contributed by atoms with van der Waals surface area (Å²) in [5.41, 5.74) is -0.707. The van der Waals surface area contributed by atoms with E-state index in [4.69, 9.17) is 0 Å². The first-order valence-corrected chi connectivity index (χ1v) is 4.91. The van der Waals surface area contributed by atoms with Crippen LogP contribution in [0.2, 0.25) is 0 Å². The Bertz CT molecular complexity index is 514. The van der Waals surface area contributed by atoms with Crippen LogP contribution in [0.15, 0.2) is 24.3 Å². The summed E-state index contributed by atoms with van der Waals surface area (Å²) in [4.78, 5) is 34.1. The van der Waals surface area contributed by atoms with E-state index in [-0.39, 0.29) is 18.0 Å². The molecule has 1 aromatic carbocycles. The van der Waals surface area contributed by atoms with Gasteiger partial charge in [-0.25, -0.2) is 0 Å². The zero-order chi connectivity index (χ0) is 11.5. The number of carbonyl (C=O) groups excluding carboxylic acids is 2. The summed E-state index contributed by atoms with van der Waals surface area (Å²) in [7, 11) is 0. The second-order valence-electron chi connectivity index (χ2n) is 4.18. The molecule has 1 unspecified atom stereocenters. The predicted octanol–water partition coefficient (Wildman–Crippen LogP) is 1.10. The molecule has 80 valence electrons. The highest BCUT2D eigenvalue weighted by atomic mass is 16.6. The average Bonchev–Trinajstić information content (AvgIpc) is 2.99. The minimum absolute atomic E-state index is 0.0480. The van der Waals surface area contributed by atoms with E-state index in [1.807, 2.05) is 0 Å². The first-order valence-electron chi connectivity index (χ1n) is 4.91. The number of hydrogen-bond donors (Lipinski definition) is 0. The molecule has 5 nitrogen and oxygen atoms in total. The van der Waals surface area contributed by atoms with Crippen LogP contribution >= 0.6 is 0 Å². The molecule has 0 saturated heterocycles. The standard InChI is InChI=1S/C11H7NO4/c13-9-6-3-1-2-4-7(6)10(14)11(9)5-8(11)12(15)16/h1-4,8H,5H2. The second-order valence-corrected chi connectivity index (χ2v) is 4.18. The summed E-state index contributed by atoms with van der Waals surface area (Å²) in [5, 5.41) is 10.7. The number of hydrogen-bond acceptors (Lipinski definition) is 4. The van der Waals surface area contributed by atoms with Crippen molar-refractivity contribution in [1.29, 1.82) is 0 Å². The lowest BCUT2D eigenvalue weighted by atomic mass is 10.00. The van der Waals surface area contributed by atoms with Gasteiger partial charge in [-0.3, -0.25) is 19.7 Å². The van der Waals surface area contributed by atoms with Crippen LogP contribution in [0.4, 0.5) is 0 Å². The Morgan fingerprint density at radius 1 is 1.19 bits per heavy atom. The number of nitrogens with zero attached hydrogens (tertiary/aromatic N) is 1. The van der Waals surface area contributed by atoms with Crippen LogP contribution in [0.1, 0.15) is 27.1 Å². The van der Waals surface area contributed by atoms with Crippen LogP contribution in [0.25, 0.3) is 0 Å². The summed E-state index contributed by atoms with van der Waals surface area (Å²) < 4.78 is 0. The highest BCUT2D eigenvalue weighted by Crippen LogP contribution is 2.56. The summed E-state index contributed by atoms with van der Waals surface area (Å²) >= 11 is 0. The maximum absolute atomic E-state index is 12.0. The molecule has 16 heavy (non-hydrogen) atoms. The molecule has 0 bridgehead atoms. The Morgan fingerprint density at radius 2 is 1.69 bits per heavy atom. The number of benzene rings is 1. The largest absolute Gasteiger partial charge is 0.293 e. The van der Waals surface area contributed by atoms with Gasteiger partial charge in [-0.05, 0) is 0 Å². The summed E-state index contributed by atoms with van der Waals surface area (Å²) in [6.45, 7) is 0. The lowest BCUT2D eigenvalue weighted by Gasteiger charge is -1.99. The smallest absolute Gasteiger partial charge is 0.235 e. The molecule has 0 aliphatic heterocycles. The van der Waals surface area contributed by atoms with Crippen molar-refractivity contribution in [2.75, 3.05) is 0 Å². The predicted molar refractivity (Wildman–Crippen MR) is 52.9 cm³/mol. The Balaban J connectivity index is 2.14. The van der Waals surface area contributed by atoms with Crippen molar-refractivity contribution in [1.82, 2.24) is 0 Å². The number of Topliss-reactive ketones (excluding diaryl/α,β-unsaturated/α-hetero) is 2. The van der Waals surface area contributed by atoms with Crippen molar-refractivity contribution in [2.45, 2.75) is 12.5 Å². The van der Waals surface area contributed by atoms with Gasteiger partial charge >= 0.3 is 0 Å². The fourth-order valence-corrected chi connectivity index (χ4v) is 2.45. The number of carbonyl (C=O) groups is 2. The van der Waals surface area contributed by atoms with E-state index in [9.17, 15) is 19.7 Å². The van der Waals surface area contributed by atoms with Gasteiger partial charge in [0.2, 0.25) is 6.04 Å². The zero-order valence-electron chi connectivity index (χ0n) is 8.17. The molecule has 1 saturated carbocycles. The maximum atomic E-state index is 12.0. The van der Waals surface area contributed by atoms with Gasteiger partial charge < -0.3 is 0 Å². The maximum Gasteiger partial charge on any atom is 0.235 e. The van der Waals surface area contributed by atoms with Gasteiger partial charge in [0, 0.05) is 22.5 Å². The van der Waals surface area contributed by atoms with E-state index < -0.39 is 16.4 Å². The molecule has 0 radical (unpaired) electrons. The normalized spacial score (nSPS) is 24.6. The number of ketones is 2. The van der Waals surface area contributed by atoms with Crippen molar-refractivity contribution >= 4 is 11.6 Å². The van der Waals surface area contributed by atoms with E-state index in [0.717, 1.165) is 0 Å². The molecular formula is C11H7NO4. The van der Waals surface area contributed by atoms with Gasteiger partial charge in [-0.1, -0.05) is 24.3 Å². The summed E-state index contributed by atoms with van der Waals surface area (Å²) in [6, 6.07) is 5.40. The molecule has 0 aromatic heterocycles. The summed E-state index contributed by atoms with van der Waals surface area (Å²) in [5.74, 6) is -0.760. The van der Waals surface area contributed by atoms with Crippen molar-refractivity contribution in [3.8, 4) is 0 Å². The first-order chi connectivity index (χ1) is 7.59. The molecule has 3 rings (SSSR count). The number of fused-ring (bicyclic) bond motifs is 1. The third-order valence-corrected chi connectivity index (χ3v) is 3.41. The topological polar surface area (TPSA) is 77.3 Å². The molecule has 0 N–H and O–H groups in total. The highest BCUT2D eigenvalue weighted by Gasteiger charge is 2.76. The van der Waals surface area contributed by atoms with Crippen LogP contribution < -0.4 is 0 Å². The molecule has 2 aliphatic carbocycles. The molecular weight excluding hydrogens is 210 g/mol. The minimum Gasteiger partial charge on any atom is -0.293 e. The zero-order valence-corrected chi connectivity index (χ0v) is 8.17. The summed E-state index contributed by atoms with van der Waals surface area (Å²) in [6.07, 6.45) is 0.0480. The van der Waals surface area contributed by atoms with Gasteiger partial charge in [0.05, 0.1) is 0 Å². The number of rotatable bonds is 1. The Hall–Kier alpha value is -2.04. The molecule has 5 heteroatoms.